The number of nitrogens with zero attached hydrogens (tertiary/aromatic N) is 2. The second-order valence-corrected chi connectivity index (χ2v) is 7.97. The van der Waals surface area contributed by atoms with E-state index in [9.17, 15) is 8.42 Å². The van der Waals surface area contributed by atoms with E-state index in [1.807, 2.05) is 0 Å². The first kappa shape index (κ1) is 17.7. The minimum absolute atomic E-state index is 0.251. The van der Waals surface area contributed by atoms with Crippen LogP contribution in [0.25, 0.3) is 11.3 Å². The van der Waals surface area contributed by atoms with Crippen molar-refractivity contribution < 1.29 is 8.42 Å². The maximum atomic E-state index is 12.3. The average Bonchev–Trinajstić information content (AvgIpc) is 2.63. The van der Waals surface area contributed by atoms with Gasteiger partial charge in [0.15, 0.2) is 9.84 Å². The van der Waals surface area contributed by atoms with Crippen LogP contribution in [0.15, 0.2) is 65.8 Å². The van der Waals surface area contributed by atoms with E-state index in [0.29, 0.717) is 21.6 Å². The van der Waals surface area contributed by atoms with Gasteiger partial charge in [-0.3, -0.25) is 0 Å². The van der Waals surface area contributed by atoms with Gasteiger partial charge in [0.05, 0.1) is 20.6 Å². The normalized spacial score (nSPS) is 11.3. The predicted octanol–water partition coefficient (Wildman–Crippen LogP) is 4.29. The van der Waals surface area contributed by atoms with Crippen molar-refractivity contribution in [3.05, 3.63) is 71.0 Å². The summed E-state index contributed by atoms with van der Waals surface area (Å²) < 4.78 is 24.6. The number of aromatic nitrogens is 2. The summed E-state index contributed by atoms with van der Waals surface area (Å²) in [6.07, 6.45) is 1.36. The van der Waals surface area contributed by atoms with Gasteiger partial charge in [-0.1, -0.05) is 47.5 Å². The molecular weight excluding hydrogens is 381 g/mol. The van der Waals surface area contributed by atoms with Crippen molar-refractivity contribution in [2.24, 2.45) is 0 Å². The minimum Gasteiger partial charge on any atom is -0.356 e. The number of anilines is 1. The Morgan fingerprint density at radius 3 is 2.40 bits per heavy atom. The second-order valence-electron chi connectivity index (χ2n) is 5.17. The van der Waals surface area contributed by atoms with E-state index in [1.165, 1.54) is 6.33 Å². The molecule has 0 fully saturated rings. The monoisotopic (exact) mass is 393 g/mol. The van der Waals surface area contributed by atoms with E-state index in [-0.39, 0.29) is 10.8 Å². The van der Waals surface area contributed by atoms with Crippen molar-refractivity contribution in [1.29, 1.82) is 0 Å². The fourth-order valence-electron chi connectivity index (χ4n) is 2.15. The van der Waals surface area contributed by atoms with Crippen LogP contribution in [0, 0.1) is 0 Å². The van der Waals surface area contributed by atoms with Gasteiger partial charge in [-0.05, 0) is 24.3 Å². The van der Waals surface area contributed by atoms with Crippen LogP contribution in [0.1, 0.15) is 0 Å². The number of nitrogens with one attached hydrogen (secondary N) is 1. The number of hydrogen-bond acceptors (Lipinski definition) is 5. The quantitative estimate of drug-likeness (QED) is 0.699. The maximum absolute atomic E-state index is 12.3. The van der Waals surface area contributed by atoms with Crippen molar-refractivity contribution in [3.8, 4) is 11.3 Å². The summed E-state index contributed by atoms with van der Waals surface area (Å²) in [5.41, 5.74) is 1.36. The van der Waals surface area contributed by atoms with Crippen LogP contribution < -0.4 is 5.32 Å². The van der Waals surface area contributed by atoms with Gasteiger partial charge in [-0.15, -0.1) is 0 Å². The smallest absolute Gasteiger partial charge is 0.196 e. The molecule has 3 rings (SSSR count). The molecule has 0 spiro atoms. The molecule has 3 aromatic rings. The van der Waals surface area contributed by atoms with Gasteiger partial charge in [-0.25, -0.2) is 18.4 Å². The van der Waals surface area contributed by atoms with Gasteiger partial charge in [-0.2, -0.15) is 0 Å². The highest BCUT2D eigenvalue weighted by Gasteiger charge is 2.14. The molecule has 1 aromatic heterocycles. The molecule has 0 bridgehead atoms. The molecule has 5 nitrogen and oxygen atoms in total. The molecule has 0 saturated heterocycles. The Morgan fingerprint density at radius 1 is 0.920 bits per heavy atom. The van der Waals surface area contributed by atoms with Gasteiger partial charge in [0, 0.05) is 11.6 Å². The maximum Gasteiger partial charge on any atom is 0.196 e. The molecule has 0 atom stereocenters. The Kier molecular flexibility index (Phi) is 5.22. The number of halogens is 2. The molecule has 0 radical (unpaired) electrons. The summed E-state index contributed by atoms with van der Waals surface area (Å²) in [7, 11) is -3.46. The Hall–Kier alpha value is -2.15. The van der Waals surface area contributed by atoms with Crippen molar-refractivity contribution in [2.45, 2.75) is 4.90 Å². The van der Waals surface area contributed by atoms with Gasteiger partial charge in [0.1, 0.15) is 18.0 Å². The molecule has 128 valence electrons. The Morgan fingerprint density at radius 2 is 1.68 bits per heavy atom. The Balaban J connectivity index is 1.79. The number of sulfone groups is 1. The van der Waals surface area contributed by atoms with Gasteiger partial charge < -0.3 is 5.32 Å². The van der Waals surface area contributed by atoms with Crippen molar-refractivity contribution >= 4 is 38.9 Å². The number of hydrogen-bond donors (Lipinski definition) is 1. The molecule has 0 aliphatic heterocycles. The first-order valence-corrected chi connectivity index (χ1v) is 9.66. The number of benzene rings is 2. The molecule has 0 aliphatic rings. The van der Waals surface area contributed by atoms with E-state index in [4.69, 9.17) is 23.2 Å². The van der Waals surface area contributed by atoms with E-state index in [0.717, 1.165) is 5.56 Å². The average molecular weight is 394 g/mol. The molecule has 8 heteroatoms. The summed E-state index contributed by atoms with van der Waals surface area (Å²) in [4.78, 5) is 8.49. The molecule has 0 unspecified atom stereocenters. The van der Waals surface area contributed by atoms with Gasteiger partial charge >= 0.3 is 0 Å². The fourth-order valence-corrected chi connectivity index (χ4v) is 3.52. The molecule has 25 heavy (non-hydrogen) atoms. The van der Waals surface area contributed by atoms with Crippen LogP contribution in [-0.4, -0.2) is 24.3 Å². The van der Waals surface area contributed by atoms with Crippen molar-refractivity contribution in [1.82, 2.24) is 9.97 Å². The van der Waals surface area contributed by atoms with Crippen molar-refractivity contribution in [2.75, 3.05) is 11.2 Å². The molecule has 2 aromatic carbocycles. The zero-order valence-electron chi connectivity index (χ0n) is 12.9. The van der Waals surface area contributed by atoms with E-state index in [2.05, 4.69) is 15.3 Å². The zero-order chi connectivity index (χ0) is 17.9. The third kappa shape index (κ3) is 4.28. The lowest BCUT2D eigenvalue weighted by atomic mass is 10.1. The van der Waals surface area contributed by atoms with Crippen LogP contribution in [0.2, 0.25) is 10.0 Å². The largest absolute Gasteiger partial charge is 0.356 e. The highest BCUT2D eigenvalue weighted by Crippen LogP contribution is 2.28. The predicted molar refractivity (Wildman–Crippen MR) is 99.6 cm³/mol. The minimum atomic E-state index is -3.46. The first-order chi connectivity index (χ1) is 12.0. The lowest BCUT2D eigenvalue weighted by molar-refractivity contribution is 0.597. The summed E-state index contributed by atoms with van der Waals surface area (Å²) in [6.45, 7) is 0. The summed E-state index contributed by atoms with van der Waals surface area (Å²) in [5.74, 6) is 0.130. The van der Waals surface area contributed by atoms with Crippen LogP contribution in [0.5, 0.6) is 0 Å². The Labute approximate surface area is 155 Å². The number of rotatable bonds is 5. The highest BCUT2D eigenvalue weighted by molar-refractivity contribution is 7.91. The third-order valence-electron chi connectivity index (χ3n) is 3.43. The third-order valence-corrected chi connectivity index (χ3v) is 5.68. The van der Waals surface area contributed by atoms with Crippen LogP contribution in [-0.2, 0) is 9.84 Å². The summed E-state index contributed by atoms with van der Waals surface area (Å²) in [5, 5.41) is 3.69. The molecule has 1 heterocycles. The second kappa shape index (κ2) is 7.39. The van der Waals surface area contributed by atoms with Crippen LogP contribution in [0.4, 0.5) is 5.82 Å². The molecular formula is C17H13Cl2N3O2S. The van der Waals surface area contributed by atoms with Crippen LogP contribution >= 0.6 is 23.2 Å². The lowest BCUT2D eigenvalue weighted by Crippen LogP contribution is -2.15. The highest BCUT2D eigenvalue weighted by atomic mass is 35.5. The topological polar surface area (TPSA) is 72.0 Å². The Bertz CT molecular complexity index is 996. The van der Waals surface area contributed by atoms with Gasteiger partial charge in [0.25, 0.3) is 0 Å². The van der Waals surface area contributed by atoms with Crippen LogP contribution in [0.3, 0.4) is 0 Å². The molecule has 0 amide bonds. The lowest BCUT2D eigenvalue weighted by Gasteiger charge is -2.08. The molecule has 0 saturated carbocycles. The first-order valence-electron chi connectivity index (χ1n) is 7.25. The summed E-state index contributed by atoms with van der Waals surface area (Å²) >= 11 is 11.9. The van der Waals surface area contributed by atoms with E-state index >= 15 is 0 Å². The van der Waals surface area contributed by atoms with Crippen molar-refractivity contribution in [3.63, 3.8) is 0 Å². The van der Waals surface area contributed by atoms with Gasteiger partial charge in [0.2, 0.25) is 0 Å². The molecule has 0 aliphatic carbocycles. The zero-order valence-corrected chi connectivity index (χ0v) is 15.2. The van der Waals surface area contributed by atoms with E-state index < -0.39 is 9.84 Å². The van der Waals surface area contributed by atoms with E-state index in [1.54, 1.807) is 54.6 Å². The fraction of sp³-hybridized carbons (Fsp3) is 0.0588. The SMILES string of the molecule is O=S(=O)(CNc1cc(-c2ccc(Cl)c(Cl)c2)ncn1)c1ccccc1. The summed E-state index contributed by atoms with van der Waals surface area (Å²) in [6, 6.07) is 15.0. The standard InChI is InChI=1S/C17H13Cl2N3O2S/c18-14-7-6-12(8-15(14)19)16-9-17(21-10-20-16)22-11-25(23,24)13-4-2-1-3-5-13/h1-10H,11H2,(H,20,21,22). The molecule has 1 N–H and O–H groups in total.